The van der Waals surface area contributed by atoms with Crippen molar-refractivity contribution in [1.29, 1.82) is 0 Å². The Kier molecular flexibility index (Phi) is 5.90. The predicted octanol–water partition coefficient (Wildman–Crippen LogP) is 5.10. The number of benzene rings is 1. The van der Waals surface area contributed by atoms with E-state index in [9.17, 15) is 13.2 Å². The molecule has 1 saturated heterocycles. The quantitative estimate of drug-likeness (QED) is 0.632. The fourth-order valence-electron chi connectivity index (χ4n) is 4.21. The molecule has 1 N–H and O–H groups in total. The van der Waals surface area contributed by atoms with Gasteiger partial charge in [-0.25, -0.2) is 4.98 Å². The maximum atomic E-state index is 13.0. The molecule has 0 saturated carbocycles. The maximum absolute atomic E-state index is 13.0. The van der Waals surface area contributed by atoms with Gasteiger partial charge in [0.15, 0.2) is 0 Å². The van der Waals surface area contributed by atoms with Crippen molar-refractivity contribution in [2.45, 2.75) is 44.8 Å². The lowest BCUT2D eigenvalue weighted by atomic mass is 9.92. The maximum Gasteiger partial charge on any atom is 0.416 e. The van der Waals surface area contributed by atoms with Gasteiger partial charge in [-0.2, -0.15) is 13.2 Å². The van der Waals surface area contributed by atoms with E-state index >= 15 is 0 Å². The number of aryl methyl sites for hydroxylation is 1. The summed E-state index contributed by atoms with van der Waals surface area (Å²) in [7, 11) is 0. The lowest BCUT2D eigenvalue weighted by Gasteiger charge is -2.32. The second-order valence-corrected chi connectivity index (χ2v) is 8.03. The van der Waals surface area contributed by atoms with Crippen molar-refractivity contribution < 1.29 is 13.2 Å². The van der Waals surface area contributed by atoms with Crippen LogP contribution in [0.25, 0.3) is 0 Å². The van der Waals surface area contributed by atoms with Gasteiger partial charge in [-0.05, 0) is 62.1 Å². The Morgan fingerprint density at radius 1 is 1.17 bits per heavy atom. The molecule has 0 aliphatic carbocycles. The number of nitrogens with zero attached hydrogens (tertiary/aromatic N) is 3. The van der Waals surface area contributed by atoms with E-state index in [1.54, 1.807) is 12.3 Å². The van der Waals surface area contributed by atoms with Gasteiger partial charge in [-0.15, -0.1) is 0 Å². The molecule has 4 rings (SSSR count). The van der Waals surface area contributed by atoms with Crippen LogP contribution in [0.4, 0.5) is 13.2 Å². The van der Waals surface area contributed by atoms with Gasteiger partial charge in [0.25, 0.3) is 0 Å². The summed E-state index contributed by atoms with van der Waals surface area (Å²) in [5.74, 6) is 1.27. The highest BCUT2D eigenvalue weighted by Gasteiger charge is 2.30. The lowest BCUT2D eigenvalue weighted by molar-refractivity contribution is -0.137. The average Bonchev–Trinajstić information content (AvgIpc) is 3.20. The molecule has 1 unspecified atom stereocenters. The first-order valence-electron chi connectivity index (χ1n) is 10.2. The van der Waals surface area contributed by atoms with E-state index in [0.29, 0.717) is 17.9 Å². The van der Waals surface area contributed by atoms with Gasteiger partial charge in [0.1, 0.15) is 5.82 Å². The number of halogens is 3. The smallest absolute Gasteiger partial charge is 0.348 e. The minimum absolute atomic E-state index is 0.314. The molecule has 1 aliphatic heterocycles. The zero-order valence-corrected chi connectivity index (χ0v) is 16.9. The third kappa shape index (κ3) is 5.08. The SMILES string of the molecule is Cc1cc(Cc2cccc(C(F)(F)F)c2)cc(C2CCCN(Cc3ncc[nH]3)C2)n1. The van der Waals surface area contributed by atoms with E-state index in [1.165, 1.54) is 12.1 Å². The molecule has 7 heteroatoms. The van der Waals surface area contributed by atoms with Crippen molar-refractivity contribution >= 4 is 0 Å². The molecule has 158 valence electrons. The summed E-state index contributed by atoms with van der Waals surface area (Å²) in [6, 6.07) is 9.60. The van der Waals surface area contributed by atoms with Gasteiger partial charge in [0, 0.05) is 36.2 Å². The highest BCUT2D eigenvalue weighted by molar-refractivity contribution is 5.33. The molecule has 0 amide bonds. The monoisotopic (exact) mass is 414 g/mol. The van der Waals surface area contributed by atoms with Crippen LogP contribution in [0.15, 0.2) is 48.8 Å². The van der Waals surface area contributed by atoms with Gasteiger partial charge in [0.2, 0.25) is 0 Å². The van der Waals surface area contributed by atoms with Crippen LogP contribution >= 0.6 is 0 Å². The van der Waals surface area contributed by atoms with E-state index in [1.807, 2.05) is 19.2 Å². The molecule has 30 heavy (non-hydrogen) atoms. The Morgan fingerprint density at radius 2 is 2.03 bits per heavy atom. The van der Waals surface area contributed by atoms with Crippen LogP contribution in [-0.4, -0.2) is 32.9 Å². The molecule has 3 heterocycles. The second-order valence-electron chi connectivity index (χ2n) is 8.03. The van der Waals surface area contributed by atoms with Crippen LogP contribution in [0.2, 0.25) is 0 Å². The fraction of sp³-hybridized carbons (Fsp3) is 0.391. The van der Waals surface area contributed by atoms with E-state index in [2.05, 4.69) is 20.9 Å². The summed E-state index contributed by atoms with van der Waals surface area (Å²) in [6.45, 7) is 4.66. The van der Waals surface area contributed by atoms with Crippen molar-refractivity contribution in [3.05, 3.63) is 82.7 Å². The van der Waals surface area contributed by atoms with Crippen molar-refractivity contribution in [2.75, 3.05) is 13.1 Å². The highest BCUT2D eigenvalue weighted by atomic mass is 19.4. The van der Waals surface area contributed by atoms with Gasteiger partial charge < -0.3 is 4.98 Å². The second kappa shape index (κ2) is 8.60. The van der Waals surface area contributed by atoms with Crippen molar-refractivity contribution in [1.82, 2.24) is 19.9 Å². The van der Waals surface area contributed by atoms with Crippen LogP contribution in [0.3, 0.4) is 0 Å². The minimum Gasteiger partial charge on any atom is -0.348 e. The van der Waals surface area contributed by atoms with Crippen LogP contribution in [-0.2, 0) is 19.1 Å². The van der Waals surface area contributed by atoms with Crippen LogP contribution in [0, 0.1) is 6.92 Å². The Balaban J connectivity index is 1.50. The fourth-order valence-corrected chi connectivity index (χ4v) is 4.21. The largest absolute Gasteiger partial charge is 0.416 e. The number of rotatable bonds is 5. The third-order valence-electron chi connectivity index (χ3n) is 5.55. The molecule has 3 aromatic rings. The van der Waals surface area contributed by atoms with E-state index in [-0.39, 0.29) is 0 Å². The van der Waals surface area contributed by atoms with Crippen LogP contribution in [0.1, 0.15) is 52.7 Å². The number of aromatic amines is 1. The van der Waals surface area contributed by atoms with E-state index < -0.39 is 11.7 Å². The number of H-pyrrole nitrogens is 1. The number of hydrogen-bond donors (Lipinski definition) is 1. The predicted molar refractivity (Wildman–Crippen MR) is 109 cm³/mol. The molecule has 1 atom stereocenters. The van der Waals surface area contributed by atoms with Gasteiger partial charge >= 0.3 is 6.18 Å². The van der Waals surface area contributed by atoms with Crippen molar-refractivity contribution in [3.63, 3.8) is 0 Å². The number of alkyl halides is 3. The Labute approximate surface area is 174 Å². The lowest BCUT2D eigenvalue weighted by Crippen LogP contribution is -2.34. The molecule has 1 fully saturated rings. The van der Waals surface area contributed by atoms with Gasteiger partial charge in [-0.1, -0.05) is 18.2 Å². The summed E-state index contributed by atoms with van der Waals surface area (Å²) >= 11 is 0. The first-order valence-corrected chi connectivity index (χ1v) is 10.2. The summed E-state index contributed by atoms with van der Waals surface area (Å²) in [4.78, 5) is 14.6. The number of aromatic nitrogens is 3. The normalized spacial score (nSPS) is 17.9. The van der Waals surface area contributed by atoms with Crippen LogP contribution in [0.5, 0.6) is 0 Å². The number of pyridine rings is 1. The Hall–Kier alpha value is -2.67. The highest BCUT2D eigenvalue weighted by Crippen LogP contribution is 2.31. The topological polar surface area (TPSA) is 44.8 Å². The van der Waals surface area contributed by atoms with Crippen molar-refractivity contribution in [2.24, 2.45) is 0 Å². The number of imidazole rings is 1. The first-order chi connectivity index (χ1) is 14.4. The molecule has 4 nitrogen and oxygen atoms in total. The molecule has 2 aromatic heterocycles. The van der Waals surface area contributed by atoms with E-state index in [4.69, 9.17) is 4.98 Å². The van der Waals surface area contributed by atoms with Gasteiger partial charge in [-0.3, -0.25) is 9.88 Å². The molecular weight excluding hydrogens is 389 g/mol. The molecule has 0 bridgehead atoms. The van der Waals surface area contributed by atoms with Gasteiger partial charge in [0.05, 0.1) is 12.1 Å². The number of piperidine rings is 1. The zero-order chi connectivity index (χ0) is 21.1. The summed E-state index contributed by atoms with van der Waals surface area (Å²) in [5, 5.41) is 0. The number of hydrogen-bond acceptors (Lipinski definition) is 3. The molecule has 0 spiro atoms. The standard InChI is InChI=1S/C23H25F3N4/c1-16-10-18(11-17-4-2-6-20(12-17)23(24,25)26)13-21(29-16)19-5-3-9-30(14-19)15-22-27-7-8-28-22/h2,4,6-8,10,12-13,19H,3,5,9,11,14-15H2,1H3,(H,27,28). The third-order valence-corrected chi connectivity index (χ3v) is 5.55. The summed E-state index contributed by atoms with van der Waals surface area (Å²) in [6.07, 6.45) is 1.88. The molecule has 1 aromatic carbocycles. The zero-order valence-electron chi connectivity index (χ0n) is 16.9. The summed E-state index contributed by atoms with van der Waals surface area (Å²) < 4.78 is 39.1. The molecule has 1 aliphatic rings. The van der Waals surface area contributed by atoms with Crippen LogP contribution < -0.4 is 0 Å². The molecular formula is C23H25F3N4. The summed E-state index contributed by atoms with van der Waals surface area (Å²) in [5.41, 5.74) is 2.98. The molecule has 0 radical (unpaired) electrons. The van der Waals surface area contributed by atoms with E-state index in [0.717, 1.165) is 61.3 Å². The Bertz CT molecular complexity index is 982. The minimum atomic E-state index is -4.32. The number of nitrogens with one attached hydrogen (secondary N) is 1. The average molecular weight is 414 g/mol. The Morgan fingerprint density at radius 3 is 2.80 bits per heavy atom. The number of likely N-dealkylation sites (tertiary alicyclic amines) is 1. The first kappa shape index (κ1) is 20.6. The van der Waals surface area contributed by atoms with Crippen molar-refractivity contribution in [3.8, 4) is 0 Å².